The van der Waals surface area contributed by atoms with Crippen LogP contribution < -0.4 is 0 Å². The van der Waals surface area contributed by atoms with E-state index in [1.807, 2.05) is 6.92 Å². The van der Waals surface area contributed by atoms with Crippen LogP contribution in [0.2, 0.25) is 0 Å². The monoisotopic (exact) mass is 365 g/mol. The molecule has 140 valence electrons. The van der Waals surface area contributed by atoms with Crippen molar-refractivity contribution in [3.05, 3.63) is 23.0 Å². The van der Waals surface area contributed by atoms with Gasteiger partial charge in [0.1, 0.15) is 0 Å². The van der Waals surface area contributed by atoms with Crippen molar-refractivity contribution in [2.45, 2.75) is 39.2 Å². The fraction of sp³-hybridized carbons (Fsp3) is 0.529. The number of alkyl halides is 2. The first-order valence-corrected chi connectivity index (χ1v) is 8.36. The number of aryl methyl sites for hydroxylation is 2. The highest BCUT2D eigenvalue weighted by atomic mass is 19.3. The number of carbonyl (C=O) groups excluding carboxylic acids is 2. The molecule has 1 aliphatic heterocycles. The highest BCUT2D eigenvalue weighted by molar-refractivity contribution is 6.06. The fourth-order valence-corrected chi connectivity index (χ4v) is 3.34. The quantitative estimate of drug-likeness (QED) is 0.901. The predicted octanol–water partition coefficient (Wildman–Crippen LogP) is 1.90. The van der Waals surface area contributed by atoms with Crippen molar-refractivity contribution in [3.63, 3.8) is 0 Å². The van der Waals surface area contributed by atoms with Crippen LogP contribution in [0.4, 0.5) is 8.78 Å². The molecule has 1 fully saturated rings. The van der Waals surface area contributed by atoms with Gasteiger partial charge in [-0.15, -0.1) is 0 Å². The van der Waals surface area contributed by atoms with Gasteiger partial charge < -0.3 is 9.80 Å². The van der Waals surface area contributed by atoms with Gasteiger partial charge in [-0.25, -0.2) is 4.98 Å². The molecule has 1 unspecified atom stereocenters. The smallest absolute Gasteiger partial charge is 0.322 e. The van der Waals surface area contributed by atoms with Crippen molar-refractivity contribution in [1.29, 1.82) is 0 Å². The first-order valence-electron chi connectivity index (χ1n) is 8.36. The van der Waals surface area contributed by atoms with Gasteiger partial charge in [-0.2, -0.15) is 13.9 Å². The molecule has 7 nitrogen and oxygen atoms in total. The minimum atomic E-state index is -3.40. The number of aromatic amines is 1. The van der Waals surface area contributed by atoms with Gasteiger partial charge in [0.2, 0.25) is 0 Å². The third kappa shape index (κ3) is 3.13. The summed E-state index contributed by atoms with van der Waals surface area (Å²) in [5.41, 5.74) is 2.33. The molecule has 3 rings (SSSR count). The summed E-state index contributed by atoms with van der Waals surface area (Å²) in [7, 11) is 1.63. The van der Waals surface area contributed by atoms with E-state index in [2.05, 4.69) is 15.2 Å². The van der Waals surface area contributed by atoms with Crippen LogP contribution in [0.25, 0.3) is 11.0 Å². The predicted molar refractivity (Wildman–Crippen MR) is 91.1 cm³/mol. The van der Waals surface area contributed by atoms with Gasteiger partial charge in [0.15, 0.2) is 5.65 Å². The maximum absolute atomic E-state index is 13.3. The second-order valence-electron chi connectivity index (χ2n) is 6.86. The number of rotatable bonds is 3. The Balaban J connectivity index is 1.84. The van der Waals surface area contributed by atoms with Crippen LogP contribution in [0.5, 0.6) is 0 Å². The molecule has 0 spiro atoms. The third-order valence-electron chi connectivity index (χ3n) is 4.76. The highest BCUT2D eigenvalue weighted by Crippen LogP contribution is 2.25. The number of likely N-dealkylation sites (tertiary alicyclic amines) is 1. The number of pyridine rings is 1. The van der Waals surface area contributed by atoms with E-state index in [4.69, 9.17) is 0 Å². The number of fused-ring (bicyclic) bond motifs is 1. The zero-order valence-electron chi connectivity index (χ0n) is 15.1. The molecule has 2 amide bonds. The van der Waals surface area contributed by atoms with Crippen LogP contribution in [0.15, 0.2) is 6.07 Å². The second kappa shape index (κ2) is 6.30. The summed E-state index contributed by atoms with van der Waals surface area (Å²) < 4.78 is 26.5. The summed E-state index contributed by atoms with van der Waals surface area (Å²) in [5, 5.41) is 7.58. The standard InChI is InChI=1S/C17H21F2N5O2/c1-9-7-12(13-10(2)21-22-14(13)20-9)15(25)23(4)11-5-6-24(8-11)16(26)17(3,18)19/h7,11H,5-6,8H2,1-4H3,(H,20,21,22). The molecular weight excluding hydrogens is 344 g/mol. The lowest BCUT2D eigenvalue weighted by atomic mass is 10.1. The van der Waals surface area contributed by atoms with Gasteiger partial charge in [0.25, 0.3) is 11.8 Å². The van der Waals surface area contributed by atoms with Crippen molar-refractivity contribution in [3.8, 4) is 0 Å². The number of carbonyl (C=O) groups is 2. The Morgan fingerprint density at radius 1 is 1.38 bits per heavy atom. The molecule has 0 bridgehead atoms. The molecule has 1 aliphatic rings. The van der Waals surface area contributed by atoms with Crippen molar-refractivity contribution in [2.24, 2.45) is 0 Å². The highest BCUT2D eigenvalue weighted by Gasteiger charge is 2.41. The van der Waals surface area contributed by atoms with Gasteiger partial charge in [0.05, 0.1) is 17.0 Å². The van der Waals surface area contributed by atoms with Gasteiger partial charge >= 0.3 is 5.92 Å². The Kier molecular flexibility index (Phi) is 4.41. The van der Waals surface area contributed by atoms with E-state index in [0.29, 0.717) is 35.6 Å². The van der Waals surface area contributed by atoms with Crippen LogP contribution in [-0.2, 0) is 4.79 Å². The van der Waals surface area contributed by atoms with Gasteiger partial charge in [-0.3, -0.25) is 14.7 Å². The molecule has 0 aliphatic carbocycles. The Morgan fingerprint density at radius 3 is 2.73 bits per heavy atom. The zero-order chi connectivity index (χ0) is 19.2. The average molecular weight is 365 g/mol. The molecular formula is C17H21F2N5O2. The molecule has 0 saturated carbocycles. The van der Waals surface area contributed by atoms with E-state index >= 15 is 0 Å². The lowest BCUT2D eigenvalue weighted by molar-refractivity contribution is -0.153. The maximum atomic E-state index is 13.3. The van der Waals surface area contributed by atoms with Crippen molar-refractivity contribution in [2.75, 3.05) is 20.1 Å². The van der Waals surface area contributed by atoms with Crippen LogP contribution in [0.3, 0.4) is 0 Å². The molecule has 26 heavy (non-hydrogen) atoms. The number of nitrogens with zero attached hydrogens (tertiary/aromatic N) is 4. The van der Waals surface area contributed by atoms with E-state index in [-0.39, 0.29) is 25.0 Å². The maximum Gasteiger partial charge on any atom is 0.322 e. The number of halogens is 2. The van der Waals surface area contributed by atoms with Gasteiger partial charge in [0, 0.05) is 38.4 Å². The number of H-pyrrole nitrogens is 1. The number of hydrogen-bond donors (Lipinski definition) is 1. The Bertz CT molecular complexity index is 874. The molecule has 1 N–H and O–H groups in total. The Morgan fingerprint density at radius 2 is 2.08 bits per heavy atom. The molecule has 2 aromatic heterocycles. The number of nitrogens with one attached hydrogen (secondary N) is 1. The molecule has 9 heteroatoms. The number of amides is 2. The summed E-state index contributed by atoms with van der Waals surface area (Å²) in [4.78, 5) is 31.7. The van der Waals surface area contributed by atoms with Crippen LogP contribution in [0.1, 0.15) is 35.1 Å². The summed E-state index contributed by atoms with van der Waals surface area (Å²) >= 11 is 0. The summed E-state index contributed by atoms with van der Waals surface area (Å²) in [5.74, 6) is -4.85. The third-order valence-corrected chi connectivity index (χ3v) is 4.76. The topological polar surface area (TPSA) is 82.2 Å². The molecule has 1 atom stereocenters. The first-order chi connectivity index (χ1) is 12.1. The molecule has 1 saturated heterocycles. The van der Waals surface area contributed by atoms with E-state index < -0.39 is 11.8 Å². The minimum absolute atomic E-state index is 0.0993. The Hall–Kier alpha value is -2.58. The largest absolute Gasteiger partial charge is 0.337 e. The number of likely N-dealkylation sites (N-methyl/N-ethyl adjacent to an activating group) is 1. The SMILES string of the molecule is Cc1cc(C(=O)N(C)C2CCN(C(=O)C(C)(F)F)C2)c2c(C)[nH]nc2n1. The van der Waals surface area contributed by atoms with E-state index in [0.717, 1.165) is 10.6 Å². The van der Waals surface area contributed by atoms with Crippen molar-refractivity contribution < 1.29 is 18.4 Å². The number of aromatic nitrogens is 3. The van der Waals surface area contributed by atoms with Gasteiger partial charge in [-0.05, 0) is 26.3 Å². The van der Waals surface area contributed by atoms with Gasteiger partial charge in [-0.1, -0.05) is 0 Å². The Labute approximate surface area is 149 Å². The van der Waals surface area contributed by atoms with Crippen LogP contribution in [-0.4, -0.2) is 68.9 Å². The molecule has 0 aromatic carbocycles. The van der Waals surface area contributed by atoms with E-state index in [1.54, 1.807) is 20.0 Å². The zero-order valence-corrected chi connectivity index (χ0v) is 15.1. The minimum Gasteiger partial charge on any atom is -0.337 e. The molecule has 0 radical (unpaired) electrons. The van der Waals surface area contributed by atoms with Crippen molar-refractivity contribution in [1.82, 2.24) is 25.0 Å². The summed E-state index contributed by atoms with van der Waals surface area (Å²) in [6.45, 7) is 4.49. The van der Waals surface area contributed by atoms with E-state index in [9.17, 15) is 18.4 Å². The second-order valence-corrected chi connectivity index (χ2v) is 6.86. The normalized spacial score (nSPS) is 17.8. The molecule has 3 heterocycles. The summed E-state index contributed by atoms with van der Waals surface area (Å²) in [6, 6.07) is 1.38. The lowest BCUT2D eigenvalue weighted by Crippen LogP contribution is -2.44. The van der Waals surface area contributed by atoms with Crippen LogP contribution in [0, 0.1) is 13.8 Å². The fourth-order valence-electron chi connectivity index (χ4n) is 3.34. The summed E-state index contributed by atoms with van der Waals surface area (Å²) in [6.07, 6.45) is 0.460. The van der Waals surface area contributed by atoms with Crippen molar-refractivity contribution >= 4 is 22.8 Å². The average Bonchev–Trinajstić information content (AvgIpc) is 3.18. The molecule has 2 aromatic rings. The van der Waals surface area contributed by atoms with Crippen LogP contribution >= 0.6 is 0 Å². The lowest BCUT2D eigenvalue weighted by Gasteiger charge is -2.26. The number of hydrogen-bond acceptors (Lipinski definition) is 4. The van der Waals surface area contributed by atoms with E-state index in [1.165, 1.54) is 4.90 Å². The first kappa shape index (κ1) is 18.2.